The predicted molar refractivity (Wildman–Crippen MR) is 99.1 cm³/mol. The van der Waals surface area contributed by atoms with Crippen LogP contribution in [0, 0.1) is 17.0 Å². The Labute approximate surface area is 155 Å². The summed E-state index contributed by atoms with van der Waals surface area (Å²) < 4.78 is 5.31. The van der Waals surface area contributed by atoms with Crippen LogP contribution >= 0.6 is 0 Å². The van der Waals surface area contributed by atoms with Crippen molar-refractivity contribution in [2.45, 2.75) is 6.92 Å². The molecule has 0 atom stereocenters. The molecule has 0 aromatic heterocycles. The number of amides is 2. The van der Waals surface area contributed by atoms with Crippen molar-refractivity contribution in [2.24, 2.45) is 0 Å². The maximum Gasteiger partial charge on any atom is 0.277 e. The Kier molecular flexibility index (Phi) is 4.64. The van der Waals surface area contributed by atoms with Crippen molar-refractivity contribution in [1.29, 1.82) is 0 Å². The van der Waals surface area contributed by atoms with E-state index in [4.69, 9.17) is 4.74 Å². The minimum Gasteiger partial charge on any atom is -0.495 e. The Morgan fingerprint density at radius 1 is 1.07 bits per heavy atom. The summed E-state index contributed by atoms with van der Waals surface area (Å²) in [6.07, 6.45) is 0. The van der Waals surface area contributed by atoms with E-state index in [0.717, 1.165) is 10.5 Å². The number of likely N-dealkylation sites (N-methyl/N-ethyl adjacent to an activating group) is 1. The molecule has 2 aromatic carbocycles. The van der Waals surface area contributed by atoms with Crippen LogP contribution in [0.15, 0.2) is 48.2 Å². The Balaban J connectivity index is 2.10. The summed E-state index contributed by atoms with van der Waals surface area (Å²) in [6.45, 7) is 1.89. The molecule has 1 aliphatic heterocycles. The highest BCUT2D eigenvalue weighted by Crippen LogP contribution is 2.33. The lowest BCUT2D eigenvalue weighted by molar-refractivity contribution is -0.384. The number of nitro benzene ring substituents is 1. The molecule has 0 radical (unpaired) electrons. The van der Waals surface area contributed by atoms with Crippen LogP contribution in [0.25, 0.3) is 5.57 Å². The van der Waals surface area contributed by atoms with Crippen molar-refractivity contribution >= 4 is 28.8 Å². The molecular formula is C19H17N3O5. The zero-order valence-electron chi connectivity index (χ0n) is 15.0. The van der Waals surface area contributed by atoms with Crippen LogP contribution in [0.1, 0.15) is 11.1 Å². The molecule has 0 fully saturated rings. The Morgan fingerprint density at radius 2 is 1.74 bits per heavy atom. The van der Waals surface area contributed by atoms with Crippen molar-refractivity contribution in [2.75, 3.05) is 19.5 Å². The standard InChI is InChI=1S/C19H17N3O5/c1-11-4-9-15(27-3)14(10-11)20-17-16(18(23)21(2)19(17)24)12-5-7-13(8-6-12)22(25)26/h4-10,20H,1-3H3. The fourth-order valence-electron chi connectivity index (χ4n) is 2.83. The first-order valence-corrected chi connectivity index (χ1v) is 8.06. The van der Waals surface area contributed by atoms with E-state index in [9.17, 15) is 19.7 Å². The molecule has 1 heterocycles. The molecule has 3 rings (SSSR count). The largest absolute Gasteiger partial charge is 0.495 e. The van der Waals surface area contributed by atoms with Gasteiger partial charge in [0.05, 0.1) is 23.3 Å². The summed E-state index contributed by atoms with van der Waals surface area (Å²) >= 11 is 0. The van der Waals surface area contributed by atoms with Gasteiger partial charge in [-0.05, 0) is 42.3 Å². The van der Waals surface area contributed by atoms with Gasteiger partial charge in [-0.15, -0.1) is 0 Å². The monoisotopic (exact) mass is 367 g/mol. The van der Waals surface area contributed by atoms with Crippen molar-refractivity contribution in [3.05, 3.63) is 69.4 Å². The smallest absolute Gasteiger partial charge is 0.277 e. The first kappa shape index (κ1) is 18.1. The van der Waals surface area contributed by atoms with Crippen molar-refractivity contribution in [3.63, 3.8) is 0 Å². The molecule has 0 unspecified atom stereocenters. The van der Waals surface area contributed by atoms with Gasteiger partial charge in [0.25, 0.3) is 17.5 Å². The van der Waals surface area contributed by atoms with Crippen LogP contribution in [0.3, 0.4) is 0 Å². The zero-order valence-corrected chi connectivity index (χ0v) is 15.0. The van der Waals surface area contributed by atoms with Crippen LogP contribution in [0.5, 0.6) is 5.75 Å². The molecule has 0 saturated carbocycles. The van der Waals surface area contributed by atoms with Gasteiger partial charge in [0.1, 0.15) is 11.4 Å². The number of benzene rings is 2. The zero-order chi connectivity index (χ0) is 19.7. The number of hydrogen-bond acceptors (Lipinski definition) is 6. The number of methoxy groups -OCH3 is 1. The SMILES string of the molecule is COc1ccc(C)cc1NC1=C(c2ccc([N+](=O)[O-])cc2)C(=O)N(C)C1=O. The molecule has 138 valence electrons. The topological polar surface area (TPSA) is 102 Å². The number of nitrogens with zero attached hydrogens (tertiary/aromatic N) is 2. The van der Waals surface area contributed by atoms with Crippen LogP contribution in [-0.2, 0) is 9.59 Å². The third-order valence-corrected chi connectivity index (χ3v) is 4.27. The minimum atomic E-state index is -0.525. The molecule has 1 N–H and O–H groups in total. The lowest BCUT2D eigenvalue weighted by Crippen LogP contribution is -2.28. The highest BCUT2D eigenvalue weighted by Gasteiger charge is 2.37. The number of nitrogens with one attached hydrogen (secondary N) is 1. The number of carbonyl (C=O) groups is 2. The third kappa shape index (κ3) is 3.24. The first-order valence-electron chi connectivity index (χ1n) is 8.06. The van der Waals surface area contributed by atoms with E-state index >= 15 is 0 Å². The molecule has 0 bridgehead atoms. The summed E-state index contributed by atoms with van der Waals surface area (Å²) in [7, 11) is 2.90. The van der Waals surface area contributed by atoms with Crippen molar-refractivity contribution in [3.8, 4) is 5.75 Å². The fraction of sp³-hybridized carbons (Fsp3) is 0.158. The fourth-order valence-corrected chi connectivity index (χ4v) is 2.83. The predicted octanol–water partition coefficient (Wildman–Crippen LogP) is 2.73. The Hall–Kier alpha value is -3.68. The first-order chi connectivity index (χ1) is 12.8. The maximum absolute atomic E-state index is 12.6. The molecule has 27 heavy (non-hydrogen) atoms. The van der Waals surface area contributed by atoms with Gasteiger partial charge in [-0.25, -0.2) is 0 Å². The minimum absolute atomic E-state index is 0.0975. The molecule has 0 aliphatic carbocycles. The van der Waals surface area contributed by atoms with Crippen molar-refractivity contribution in [1.82, 2.24) is 4.90 Å². The van der Waals surface area contributed by atoms with E-state index in [1.165, 1.54) is 38.4 Å². The van der Waals surface area contributed by atoms with Crippen LogP contribution in [0.4, 0.5) is 11.4 Å². The van der Waals surface area contributed by atoms with E-state index < -0.39 is 16.7 Å². The Morgan fingerprint density at radius 3 is 2.33 bits per heavy atom. The molecule has 8 heteroatoms. The number of carbonyl (C=O) groups excluding carboxylic acids is 2. The molecule has 0 saturated heterocycles. The third-order valence-electron chi connectivity index (χ3n) is 4.27. The maximum atomic E-state index is 12.6. The second kappa shape index (κ2) is 6.91. The van der Waals surface area contributed by atoms with Gasteiger partial charge in [-0.2, -0.15) is 0 Å². The number of hydrogen-bond donors (Lipinski definition) is 1. The summed E-state index contributed by atoms with van der Waals surface area (Å²) in [4.78, 5) is 36.5. The van der Waals surface area contributed by atoms with Gasteiger partial charge in [0, 0.05) is 19.2 Å². The van der Waals surface area contributed by atoms with Crippen molar-refractivity contribution < 1.29 is 19.2 Å². The van der Waals surface area contributed by atoms with Crippen LogP contribution < -0.4 is 10.1 Å². The van der Waals surface area contributed by atoms with Crippen LogP contribution in [-0.4, -0.2) is 35.8 Å². The van der Waals surface area contributed by atoms with Gasteiger partial charge in [0.2, 0.25) is 0 Å². The normalized spacial score (nSPS) is 14.0. The summed E-state index contributed by atoms with van der Waals surface area (Å²) in [6, 6.07) is 10.9. The second-order valence-electron chi connectivity index (χ2n) is 6.05. The lowest BCUT2D eigenvalue weighted by Gasteiger charge is -2.13. The van der Waals surface area contributed by atoms with E-state index in [1.54, 1.807) is 12.1 Å². The molecule has 0 spiro atoms. The van der Waals surface area contributed by atoms with Gasteiger partial charge in [-0.1, -0.05) is 6.07 Å². The number of imide groups is 1. The Bertz CT molecular complexity index is 979. The van der Waals surface area contributed by atoms with E-state index in [1.807, 2.05) is 13.0 Å². The number of rotatable bonds is 5. The molecule has 2 aromatic rings. The number of anilines is 1. The average molecular weight is 367 g/mol. The second-order valence-corrected chi connectivity index (χ2v) is 6.05. The summed E-state index contributed by atoms with van der Waals surface area (Å²) in [5.74, 6) is -0.453. The van der Waals surface area contributed by atoms with E-state index in [-0.39, 0.29) is 17.0 Å². The number of aryl methyl sites for hydroxylation is 1. The molecule has 8 nitrogen and oxygen atoms in total. The van der Waals surface area contributed by atoms with Gasteiger partial charge in [0.15, 0.2) is 0 Å². The highest BCUT2D eigenvalue weighted by atomic mass is 16.6. The molecule has 2 amide bonds. The summed E-state index contributed by atoms with van der Waals surface area (Å²) in [5, 5.41) is 13.9. The summed E-state index contributed by atoms with van der Waals surface area (Å²) in [5.41, 5.74) is 2.06. The molecular weight excluding hydrogens is 350 g/mol. The van der Waals surface area contributed by atoms with Gasteiger partial charge < -0.3 is 10.1 Å². The molecule has 1 aliphatic rings. The lowest BCUT2D eigenvalue weighted by atomic mass is 10.0. The average Bonchev–Trinajstić information content (AvgIpc) is 2.86. The van der Waals surface area contributed by atoms with E-state index in [0.29, 0.717) is 17.0 Å². The number of non-ortho nitro benzene ring substituents is 1. The van der Waals surface area contributed by atoms with Gasteiger partial charge >= 0.3 is 0 Å². The van der Waals surface area contributed by atoms with E-state index in [2.05, 4.69) is 5.32 Å². The van der Waals surface area contributed by atoms with Gasteiger partial charge in [-0.3, -0.25) is 24.6 Å². The number of ether oxygens (including phenoxy) is 1. The highest BCUT2D eigenvalue weighted by molar-refractivity contribution is 6.36. The number of nitro groups is 1. The quantitative estimate of drug-likeness (QED) is 0.495. The van der Waals surface area contributed by atoms with Crippen LogP contribution in [0.2, 0.25) is 0 Å².